The third kappa shape index (κ3) is 5.27. The minimum Gasteiger partial charge on any atom is -0.381 e. The number of carbonyl (C=O) groups excluding carboxylic acids is 2. The predicted molar refractivity (Wildman–Crippen MR) is 85.3 cm³/mol. The van der Waals surface area contributed by atoms with Crippen molar-refractivity contribution in [2.75, 3.05) is 19.8 Å². The first-order chi connectivity index (χ1) is 10.5. The zero-order chi connectivity index (χ0) is 16.0. The van der Waals surface area contributed by atoms with Gasteiger partial charge in [-0.2, -0.15) is 0 Å². The number of hydrogen-bond donors (Lipinski definition) is 2. The summed E-state index contributed by atoms with van der Waals surface area (Å²) in [6.45, 7) is 6.35. The molecule has 2 rings (SSSR count). The minimum absolute atomic E-state index is 0.0203. The zero-order valence-electron chi connectivity index (χ0n) is 14.0. The van der Waals surface area contributed by atoms with Gasteiger partial charge in [-0.15, -0.1) is 0 Å². The normalized spacial score (nSPS) is 23.0. The van der Waals surface area contributed by atoms with Gasteiger partial charge < -0.3 is 15.4 Å². The standard InChI is InChI=1S/C17H30N2O3/c1-13(19-16(21)14-5-3-4-6-14)11-15(20)18-12-17(2)7-9-22-10-8-17/h13-14H,3-12H2,1-2H3,(H,18,20)(H,19,21)/t13-/m1/s1. The van der Waals surface area contributed by atoms with Crippen molar-refractivity contribution >= 4 is 11.8 Å². The van der Waals surface area contributed by atoms with E-state index in [1.807, 2.05) is 6.92 Å². The van der Waals surface area contributed by atoms with Crippen LogP contribution in [0.4, 0.5) is 0 Å². The first-order valence-electron chi connectivity index (χ1n) is 8.63. The van der Waals surface area contributed by atoms with Crippen molar-refractivity contribution in [3.8, 4) is 0 Å². The first-order valence-corrected chi connectivity index (χ1v) is 8.63. The lowest BCUT2D eigenvalue weighted by atomic mass is 9.82. The van der Waals surface area contributed by atoms with Crippen LogP contribution in [0.25, 0.3) is 0 Å². The van der Waals surface area contributed by atoms with E-state index >= 15 is 0 Å². The van der Waals surface area contributed by atoms with Crippen LogP contribution < -0.4 is 10.6 Å². The van der Waals surface area contributed by atoms with Gasteiger partial charge in [-0.05, 0) is 38.0 Å². The molecule has 5 nitrogen and oxygen atoms in total. The summed E-state index contributed by atoms with van der Waals surface area (Å²) in [4.78, 5) is 24.1. The lowest BCUT2D eigenvalue weighted by Crippen LogP contribution is -2.43. The van der Waals surface area contributed by atoms with Crippen LogP contribution in [-0.4, -0.2) is 37.6 Å². The fourth-order valence-electron chi connectivity index (χ4n) is 3.30. The van der Waals surface area contributed by atoms with E-state index in [2.05, 4.69) is 17.6 Å². The Kier molecular flexibility index (Phi) is 6.24. The Labute approximate surface area is 133 Å². The van der Waals surface area contributed by atoms with Crippen molar-refractivity contribution in [1.82, 2.24) is 10.6 Å². The Bertz CT molecular complexity index is 385. The van der Waals surface area contributed by atoms with Crippen LogP contribution in [-0.2, 0) is 14.3 Å². The van der Waals surface area contributed by atoms with Gasteiger partial charge in [0.2, 0.25) is 11.8 Å². The van der Waals surface area contributed by atoms with E-state index in [0.717, 1.165) is 51.7 Å². The van der Waals surface area contributed by atoms with Crippen LogP contribution in [0.2, 0.25) is 0 Å². The van der Waals surface area contributed by atoms with Crippen LogP contribution in [0, 0.1) is 11.3 Å². The number of hydrogen-bond acceptors (Lipinski definition) is 3. The van der Waals surface area contributed by atoms with Gasteiger partial charge in [0.25, 0.3) is 0 Å². The number of carbonyl (C=O) groups is 2. The fourth-order valence-corrected chi connectivity index (χ4v) is 3.30. The van der Waals surface area contributed by atoms with Gasteiger partial charge >= 0.3 is 0 Å². The van der Waals surface area contributed by atoms with E-state index in [-0.39, 0.29) is 29.2 Å². The highest BCUT2D eigenvalue weighted by Crippen LogP contribution is 2.28. The number of amides is 2. The molecule has 1 aliphatic carbocycles. The van der Waals surface area contributed by atoms with Crippen LogP contribution in [0.5, 0.6) is 0 Å². The van der Waals surface area contributed by atoms with E-state index in [4.69, 9.17) is 4.74 Å². The van der Waals surface area contributed by atoms with Crippen molar-refractivity contribution in [1.29, 1.82) is 0 Å². The second-order valence-electron chi connectivity index (χ2n) is 7.29. The lowest BCUT2D eigenvalue weighted by Gasteiger charge is -2.33. The molecule has 2 aliphatic rings. The molecule has 0 bridgehead atoms. The first kappa shape index (κ1) is 17.3. The number of nitrogens with one attached hydrogen (secondary N) is 2. The maximum atomic E-state index is 12.0. The molecule has 1 heterocycles. The van der Waals surface area contributed by atoms with Crippen molar-refractivity contribution in [2.24, 2.45) is 11.3 Å². The average Bonchev–Trinajstić information content (AvgIpc) is 3.00. The SMILES string of the molecule is C[C@H](CC(=O)NCC1(C)CCOCC1)NC(=O)C1CCCC1. The molecule has 0 aromatic rings. The summed E-state index contributed by atoms with van der Waals surface area (Å²) in [5, 5.41) is 6.00. The monoisotopic (exact) mass is 310 g/mol. The molecule has 2 N–H and O–H groups in total. The second-order valence-corrected chi connectivity index (χ2v) is 7.29. The quantitative estimate of drug-likeness (QED) is 0.788. The van der Waals surface area contributed by atoms with Gasteiger partial charge in [0.1, 0.15) is 0 Å². The summed E-state index contributed by atoms with van der Waals surface area (Å²) < 4.78 is 5.37. The minimum atomic E-state index is -0.101. The summed E-state index contributed by atoms with van der Waals surface area (Å²) >= 11 is 0. The molecule has 1 saturated carbocycles. The van der Waals surface area contributed by atoms with E-state index in [0.29, 0.717) is 13.0 Å². The molecule has 1 saturated heterocycles. The molecule has 0 spiro atoms. The Hall–Kier alpha value is -1.10. The molecule has 0 aromatic heterocycles. The zero-order valence-corrected chi connectivity index (χ0v) is 14.0. The molecular formula is C17H30N2O3. The van der Waals surface area contributed by atoms with Crippen LogP contribution in [0.3, 0.4) is 0 Å². The van der Waals surface area contributed by atoms with Crippen molar-refractivity contribution < 1.29 is 14.3 Å². The van der Waals surface area contributed by atoms with E-state index in [1.165, 1.54) is 0 Å². The maximum absolute atomic E-state index is 12.0. The molecule has 1 aliphatic heterocycles. The van der Waals surface area contributed by atoms with Gasteiger partial charge in [0.15, 0.2) is 0 Å². The maximum Gasteiger partial charge on any atom is 0.223 e. The van der Waals surface area contributed by atoms with E-state index in [9.17, 15) is 9.59 Å². The molecule has 2 amide bonds. The number of ether oxygens (including phenoxy) is 1. The largest absolute Gasteiger partial charge is 0.381 e. The summed E-state index contributed by atoms with van der Waals surface area (Å²) in [5.74, 6) is 0.299. The van der Waals surface area contributed by atoms with Crippen LogP contribution in [0.1, 0.15) is 58.8 Å². The molecule has 2 fully saturated rings. The van der Waals surface area contributed by atoms with Gasteiger partial charge in [0.05, 0.1) is 0 Å². The van der Waals surface area contributed by atoms with Gasteiger partial charge in [-0.1, -0.05) is 19.8 Å². The molecule has 1 atom stereocenters. The van der Waals surface area contributed by atoms with Crippen molar-refractivity contribution in [3.05, 3.63) is 0 Å². The molecule has 0 radical (unpaired) electrons. The molecule has 22 heavy (non-hydrogen) atoms. The summed E-state index contributed by atoms with van der Waals surface area (Å²) in [6, 6.07) is -0.101. The van der Waals surface area contributed by atoms with Crippen LogP contribution >= 0.6 is 0 Å². The highest BCUT2D eigenvalue weighted by atomic mass is 16.5. The summed E-state index contributed by atoms with van der Waals surface area (Å²) in [7, 11) is 0. The van der Waals surface area contributed by atoms with Gasteiger partial charge in [-0.25, -0.2) is 0 Å². The topological polar surface area (TPSA) is 67.4 Å². The van der Waals surface area contributed by atoms with E-state index < -0.39 is 0 Å². The van der Waals surface area contributed by atoms with E-state index in [1.54, 1.807) is 0 Å². The summed E-state index contributed by atoms with van der Waals surface area (Å²) in [6.07, 6.45) is 6.61. The highest BCUT2D eigenvalue weighted by Gasteiger charge is 2.28. The Morgan fingerprint density at radius 1 is 1.23 bits per heavy atom. The van der Waals surface area contributed by atoms with Gasteiger partial charge in [-0.3, -0.25) is 9.59 Å². The smallest absolute Gasteiger partial charge is 0.223 e. The Morgan fingerprint density at radius 2 is 1.86 bits per heavy atom. The Morgan fingerprint density at radius 3 is 2.50 bits per heavy atom. The van der Waals surface area contributed by atoms with Crippen molar-refractivity contribution in [2.45, 2.75) is 64.8 Å². The molecule has 0 unspecified atom stereocenters. The fraction of sp³-hybridized carbons (Fsp3) is 0.882. The third-order valence-corrected chi connectivity index (χ3v) is 5.02. The molecule has 126 valence electrons. The molecule has 5 heteroatoms. The van der Waals surface area contributed by atoms with Crippen LogP contribution in [0.15, 0.2) is 0 Å². The second kappa shape index (κ2) is 7.95. The number of rotatable bonds is 6. The highest BCUT2D eigenvalue weighted by molar-refractivity contribution is 5.81. The average molecular weight is 310 g/mol. The third-order valence-electron chi connectivity index (χ3n) is 5.02. The lowest BCUT2D eigenvalue weighted by molar-refractivity contribution is -0.126. The predicted octanol–water partition coefficient (Wildman–Crippen LogP) is 2.00. The van der Waals surface area contributed by atoms with Gasteiger partial charge in [0, 0.05) is 38.1 Å². The molecule has 0 aromatic carbocycles. The Balaban J connectivity index is 1.66. The van der Waals surface area contributed by atoms with Crippen molar-refractivity contribution in [3.63, 3.8) is 0 Å². The summed E-state index contributed by atoms with van der Waals surface area (Å²) in [5.41, 5.74) is 0.143. The molecular weight excluding hydrogens is 280 g/mol.